The molecule has 2 N–H and O–H groups in total. The van der Waals surface area contributed by atoms with E-state index in [9.17, 15) is 18.0 Å². The molecular weight excluding hydrogens is 296 g/mol. The summed E-state index contributed by atoms with van der Waals surface area (Å²) in [5, 5.41) is 2.40. The fourth-order valence-corrected chi connectivity index (χ4v) is 2.56. The molecule has 21 heavy (non-hydrogen) atoms. The molecule has 0 aliphatic heterocycles. The Morgan fingerprint density at radius 1 is 1.19 bits per heavy atom. The number of carbonyl (C=O) groups excluding carboxylic acids is 2. The van der Waals surface area contributed by atoms with Gasteiger partial charge in [0.2, 0.25) is 15.9 Å². The second kappa shape index (κ2) is 7.75. The van der Waals surface area contributed by atoms with Gasteiger partial charge in [-0.3, -0.25) is 9.59 Å². The average molecular weight is 314 g/mol. The lowest BCUT2D eigenvalue weighted by Gasteiger charge is -2.07. The molecule has 0 saturated carbocycles. The van der Waals surface area contributed by atoms with E-state index in [-0.39, 0.29) is 30.2 Å². The Morgan fingerprint density at radius 2 is 1.81 bits per heavy atom. The summed E-state index contributed by atoms with van der Waals surface area (Å²) >= 11 is 0. The van der Waals surface area contributed by atoms with Crippen LogP contribution in [-0.4, -0.2) is 41.0 Å². The number of rotatable bonds is 7. The summed E-state index contributed by atoms with van der Waals surface area (Å²) in [6.07, 6.45) is 0.150. The minimum absolute atomic E-state index is 0.0198. The number of hydrogen-bond donors (Lipinski definition) is 2. The van der Waals surface area contributed by atoms with Gasteiger partial charge in [0.05, 0.1) is 18.4 Å². The van der Waals surface area contributed by atoms with E-state index in [0.717, 1.165) is 0 Å². The number of carbonyl (C=O) groups is 2. The topological polar surface area (TPSA) is 102 Å². The number of nitrogens with one attached hydrogen (secondary N) is 2. The van der Waals surface area contributed by atoms with Crippen LogP contribution in [0.3, 0.4) is 0 Å². The number of ether oxygens (including phenoxy) is 1. The van der Waals surface area contributed by atoms with Gasteiger partial charge in [-0.25, -0.2) is 13.1 Å². The first kappa shape index (κ1) is 17.1. The van der Waals surface area contributed by atoms with Crippen molar-refractivity contribution in [3.8, 4) is 0 Å². The van der Waals surface area contributed by atoms with Crippen LogP contribution < -0.4 is 10.0 Å². The molecule has 1 rings (SSSR count). The first-order valence-corrected chi connectivity index (χ1v) is 7.73. The summed E-state index contributed by atoms with van der Waals surface area (Å²) in [5.41, 5.74) is 0.658. The number of sulfonamides is 1. The summed E-state index contributed by atoms with van der Waals surface area (Å²) in [7, 11) is -0.889. The van der Waals surface area contributed by atoms with E-state index < -0.39 is 16.0 Å². The van der Waals surface area contributed by atoms with Crippen molar-refractivity contribution in [2.24, 2.45) is 0 Å². The Morgan fingerprint density at radius 3 is 2.33 bits per heavy atom. The Kier molecular flexibility index (Phi) is 6.32. The smallest absolute Gasteiger partial charge is 0.309 e. The lowest BCUT2D eigenvalue weighted by Crippen LogP contribution is -2.29. The van der Waals surface area contributed by atoms with Gasteiger partial charge in [0.15, 0.2) is 0 Å². The van der Waals surface area contributed by atoms with Gasteiger partial charge in [-0.2, -0.15) is 0 Å². The average Bonchev–Trinajstić information content (AvgIpc) is 2.47. The van der Waals surface area contributed by atoms with Crippen molar-refractivity contribution >= 4 is 21.9 Å². The Balaban J connectivity index is 2.67. The molecule has 1 amide bonds. The van der Waals surface area contributed by atoms with Crippen LogP contribution in [0.25, 0.3) is 0 Å². The van der Waals surface area contributed by atoms with Gasteiger partial charge in [-0.15, -0.1) is 0 Å². The maximum atomic E-state index is 12.0. The van der Waals surface area contributed by atoms with E-state index >= 15 is 0 Å². The van der Waals surface area contributed by atoms with E-state index in [2.05, 4.69) is 14.8 Å². The highest BCUT2D eigenvalue weighted by atomic mass is 32.2. The summed E-state index contributed by atoms with van der Waals surface area (Å²) < 4.78 is 30.8. The third kappa shape index (κ3) is 5.52. The minimum Gasteiger partial charge on any atom is -0.469 e. The second-order valence-electron chi connectivity index (χ2n) is 4.22. The Labute approximate surface area is 123 Å². The summed E-state index contributed by atoms with van der Waals surface area (Å²) in [5.74, 6) is -0.638. The van der Waals surface area contributed by atoms with Crippen molar-refractivity contribution in [3.05, 3.63) is 29.8 Å². The lowest BCUT2D eigenvalue weighted by atomic mass is 10.2. The van der Waals surface area contributed by atoms with Gasteiger partial charge in [0.1, 0.15) is 0 Å². The number of hydrogen-bond acceptors (Lipinski definition) is 5. The molecule has 0 aliphatic carbocycles. The van der Waals surface area contributed by atoms with Crippen LogP contribution in [0.1, 0.15) is 12.0 Å². The SMILES string of the molecule is CNC(=O)CCNS(=O)(=O)c1ccc(CC(=O)OC)cc1. The van der Waals surface area contributed by atoms with Crippen LogP contribution in [0.15, 0.2) is 29.2 Å². The molecular formula is C13H18N2O5S. The molecule has 0 heterocycles. The number of esters is 1. The van der Waals surface area contributed by atoms with Crippen molar-refractivity contribution in [2.75, 3.05) is 20.7 Å². The van der Waals surface area contributed by atoms with Crippen LogP contribution in [0.5, 0.6) is 0 Å². The van der Waals surface area contributed by atoms with Crippen LogP contribution in [0.2, 0.25) is 0 Å². The fraction of sp³-hybridized carbons (Fsp3) is 0.385. The number of amides is 1. The molecule has 0 radical (unpaired) electrons. The first-order chi connectivity index (χ1) is 9.89. The molecule has 1 aromatic rings. The first-order valence-electron chi connectivity index (χ1n) is 6.25. The van der Waals surface area contributed by atoms with Crippen LogP contribution in [-0.2, 0) is 30.8 Å². The van der Waals surface area contributed by atoms with Crippen molar-refractivity contribution in [1.29, 1.82) is 0 Å². The maximum absolute atomic E-state index is 12.0. The lowest BCUT2D eigenvalue weighted by molar-refractivity contribution is -0.139. The molecule has 0 spiro atoms. The van der Waals surface area contributed by atoms with Gasteiger partial charge in [0, 0.05) is 20.0 Å². The quantitative estimate of drug-likeness (QED) is 0.680. The van der Waals surface area contributed by atoms with E-state index in [1.54, 1.807) is 12.1 Å². The zero-order valence-corrected chi connectivity index (χ0v) is 12.7. The van der Waals surface area contributed by atoms with Crippen LogP contribution in [0, 0.1) is 0 Å². The molecule has 0 aliphatic rings. The summed E-state index contributed by atoms with van der Waals surface area (Å²) in [6.45, 7) is 0.0198. The summed E-state index contributed by atoms with van der Waals surface area (Å²) in [4.78, 5) is 22.2. The van der Waals surface area contributed by atoms with Crippen molar-refractivity contribution in [2.45, 2.75) is 17.7 Å². The highest BCUT2D eigenvalue weighted by molar-refractivity contribution is 7.89. The monoisotopic (exact) mass is 314 g/mol. The molecule has 1 aromatic carbocycles. The van der Waals surface area contributed by atoms with Crippen molar-refractivity contribution in [1.82, 2.24) is 10.0 Å². The molecule has 7 nitrogen and oxygen atoms in total. The zero-order valence-electron chi connectivity index (χ0n) is 11.9. The van der Waals surface area contributed by atoms with E-state index in [1.165, 1.54) is 26.3 Å². The molecule has 0 fully saturated rings. The standard InChI is InChI=1S/C13H18N2O5S/c1-14-12(16)7-8-15-21(18,19)11-5-3-10(4-6-11)9-13(17)20-2/h3-6,15H,7-9H2,1-2H3,(H,14,16). The third-order valence-corrected chi connectivity index (χ3v) is 4.21. The summed E-state index contributed by atoms with van der Waals surface area (Å²) in [6, 6.07) is 5.90. The fourth-order valence-electron chi connectivity index (χ4n) is 1.53. The Bertz CT molecular complexity index is 595. The second-order valence-corrected chi connectivity index (χ2v) is 5.98. The van der Waals surface area contributed by atoms with Gasteiger partial charge >= 0.3 is 5.97 Å². The third-order valence-electron chi connectivity index (χ3n) is 2.73. The van der Waals surface area contributed by atoms with Crippen molar-refractivity contribution < 1.29 is 22.7 Å². The number of benzene rings is 1. The van der Waals surface area contributed by atoms with Gasteiger partial charge in [-0.05, 0) is 17.7 Å². The van der Waals surface area contributed by atoms with Gasteiger partial charge < -0.3 is 10.1 Å². The molecule has 0 saturated heterocycles. The molecule has 0 atom stereocenters. The highest BCUT2D eigenvalue weighted by Gasteiger charge is 2.14. The molecule has 0 aromatic heterocycles. The zero-order chi connectivity index (χ0) is 15.9. The van der Waals surface area contributed by atoms with Crippen LogP contribution >= 0.6 is 0 Å². The normalized spacial score (nSPS) is 11.0. The number of methoxy groups -OCH3 is 1. The van der Waals surface area contributed by atoms with Crippen LogP contribution in [0.4, 0.5) is 0 Å². The molecule has 116 valence electrons. The molecule has 0 unspecified atom stereocenters. The van der Waals surface area contributed by atoms with Gasteiger partial charge in [-0.1, -0.05) is 12.1 Å². The van der Waals surface area contributed by atoms with E-state index in [0.29, 0.717) is 5.56 Å². The maximum Gasteiger partial charge on any atom is 0.309 e. The van der Waals surface area contributed by atoms with E-state index in [4.69, 9.17) is 0 Å². The molecule has 8 heteroatoms. The minimum atomic E-state index is -3.66. The largest absolute Gasteiger partial charge is 0.469 e. The molecule has 0 bridgehead atoms. The Hall–Kier alpha value is -1.93. The van der Waals surface area contributed by atoms with E-state index in [1.807, 2.05) is 0 Å². The highest BCUT2D eigenvalue weighted by Crippen LogP contribution is 2.11. The predicted octanol–water partition coefficient (Wildman–Crippen LogP) is -0.183. The van der Waals surface area contributed by atoms with Crippen molar-refractivity contribution in [3.63, 3.8) is 0 Å². The van der Waals surface area contributed by atoms with Gasteiger partial charge in [0.25, 0.3) is 0 Å². The predicted molar refractivity (Wildman–Crippen MR) is 76.0 cm³/mol.